The van der Waals surface area contributed by atoms with E-state index in [-0.39, 0.29) is 0 Å². The Morgan fingerprint density at radius 3 is 2.60 bits per heavy atom. The molecule has 1 rings (SSSR count). The minimum atomic E-state index is -0.797. The van der Waals surface area contributed by atoms with Crippen molar-refractivity contribution in [3.8, 4) is 0 Å². The van der Waals surface area contributed by atoms with Crippen molar-refractivity contribution in [1.82, 2.24) is 0 Å². The first-order valence-electron chi connectivity index (χ1n) is 7.04. The van der Waals surface area contributed by atoms with Crippen LogP contribution in [0.25, 0.3) is 0 Å². The molecule has 0 aromatic rings. The number of carbonyl (C=O) groups is 1. The highest BCUT2D eigenvalue weighted by molar-refractivity contribution is 5.74. The Morgan fingerprint density at radius 2 is 2.15 bits per heavy atom. The molecule has 0 aromatic heterocycles. The molecule has 1 aliphatic heterocycles. The van der Waals surface area contributed by atoms with Gasteiger partial charge in [0.25, 0.3) is 0 Å². The number of allylic oxidation sites excluding steroid dienone is 2. The minimum Gasteiger partial charge on any atom is -0.481 e. The number of rotatable bonds is 6. The van der Waals surface area contributed by atoms with Crippen LogP contribution in [0.15, 0.2) is 23.8 Å². The molecule has 20 heavy (non-hydrogen) atoms. The lowest BCUT2D eigenvalue weighted by Crippen LogP contribution is -2.43. The average Bonchev–Trinajstić information content (AvgIpc) is 2.67. The summed E-state index contributed by atoms with van der Waals surface area (Å²) in [6.45, 7) is 8.62. The van der Waals surface area contributed by atoms with Crippen LogP contribution >= 0.6 is 0 Å². The second-order valence-corrected chi connectivity index (χ2v) is 5.77. The van der Waals surface area contributed by atoms with Gasteiger partial charge in [0.15, 0.2) is 0 Å². The van der Waals surface area contributed by atoms with E-state index < -0.39 is 22.9 Å². The molecule has 0 aromatic carbocycles. The fourth-order valence-electron chi connectivity index (χ4n) is 3.26. The van der Waals surface area contributed by atoms with E-state index in [0.29, 0.717) is 13.2 Å². The Balaban J connectivity index is 3.22. The van der Waals surface area contributed by atoms with Crippen molar-refractivity contribution in [1.29, 1.82) is 0 Å². The molecule has 0 aliphatic carbocycles. The molecule has 1 fully saturated rings. The van der Waals surface area contributed by atoms with Gasteiger partial charge >= 0.3 is 5.97 Å². The molecule has 0 bridgehead atoms. The Hall–Kier alpha value is -1.13. The topological polar surface area (TPSA) is 55.8 Å². The molecule has 1 heterocycles. The summed E-state index contributed by atoms with van der Waals surface area (Å²) in [6.07, 6.45) is 6.59. The zero-order valence-electron chi connectivity index (χ0n) is 13.1. The maximum Gasteiger partial charge on any atom is 0.310 e. The van der Waals surface area contributed by atoms with Crippen LogP contribution in [0, 0.1) is 11.3 Å². The van der Waals surface area contributed by atoms with Gasteiger partial charge < -0.3 is 14.6 Å². The molecule has 0 spiro atoms. The summed E-state index contributed by atoms with van der Waals surface area (Å²) in [5, 5.41) is 9.68. The molecule has 1 N–H and O–H groups in total. The van der Waals surface area contributed by atoms with Gasteiger partial charge in [-0.2, -0.15) is 0 Å². The number of carboxylic acid groups (broad SMARTS) is 1. The highest BCUT2D eigenvalue weighted by atomic mass is 16.5. The molecular formula is C16H26O4. The summed E-state index contributed by atoms with van der Waals surface area (Å²) in [6, 6.07) is 0. The molecule has 0 saturated carbocycles. The van der Waals surface area contributed by atoms with Gasteiger partial charge in [0, 0.05) is 12.5 Å². The standard InChI is InChI=1S/C16H26O4/c1-6-12(9-8-10-19-5)16(7-2)11-20-15(3,4)13(16)14(17)18/h6,8-9,13H,7,10-11H2,1-5H3,(H,17,18)/b9-8-,12-6+/t13-,16+/m0/s1. The van der Waals surface area contributed by atoms with E-state index >= 15 is 0 Å². The molecule has 4 nitrogen and oxygen atoms in total. The van der Waals surface area contributed by atoms with Crippen LogP contribution in [0.2, 0.25) is 0 Å². The monoisotopic (exact) mass is 282 g/mol. The fourth-order valence-corrected chi connectivity index (χ4v) is 3.26. The molecule has 0 unspecified atom stereocenters. The Labute approximate surface area is 121 Å². The van der Waals surface area contributed by atoms with Crippen molar-refractivity contribution in [3.63, 3.8) is 0 Å². The summed E-state index contributed by atoms with van der Waals surface area (Å²) in [4.78, 5) is 11.8. The van der Waals surface area contributed by atoms with Crippen LogP contribution in [0.3, 0.4) is 0 Å². The summed E-state index contributed by atoms with van der Waals surface area (Å²) in [5.41, 5.74) is -0.130. The Kier molecular flexibility index (Phi) is 5.54. The van der Waals surface area contributed by atoms with Gasteiger partial charge in [0.1, 0.15) is 0 Å². The molecule has 1 saturated heterocycles. The van der Waals surface area contributed by atoms with Crippen LogP contribution in [0.4, 0.5) is 0 Å². The highest BCUT2D eigenvalue weighted by Gasteiger charge is 2.57. The Morgan fingerprint density at radius 1 is 1.50 bits per heavy atom. The van der Waals surface area contributed by atoms with Gasteiger partial charge in [-0.1, -0.05) is 25.2 Å². The zero-order valence-corrected chi connectivity index (χ0v) is 13.1. The molecule has 0 radical (unpaired) electrons. The molecule has 114 valence electrons. The van der Waals surface area contributed by atoms with Gasteiger partial charge in [0.05, 0.1) is 24.7 Å². The summed E-state index contributed by atoms with van der Waals surface area (Å²) >= 11 is 0. The SMILES string of the molecule is C/C=C(\C=C/COC)[C@@]1(CC)COC(C)(C)[C@@H]1C(=O)O. The second kappa shape index (κ2) is 6.55. The fraction of sp³-hybridized carbons (Fsp3) is 0.688. The number of methoxy groups -OCH3 is 1. The largest absolute Gasteiger partial charge is 0.481 e. The van der Waals surface area contributed by atoms with E-state index in [4.69, 9.17) is 9.47 Å². The van der Waals surface area contributed by atoms with E-state index in [1.165, 1.54) is 0 Å². The van der Waals surface area contributed by atoms with Gasteiger partial charge in [-0.15, -0.1) is 0 Å². The van der Waals surface area contributed by atoms with Crippen molar-refractivity contribution in [2.45, 2.75) is 39.7 Å². The second-order valence-electron chi connectivity index (χ2n) is 5.77. The van der Waals surface area contributed by atoms with Gasteiger partial charge in [-0.3, -0.25) is 4.79 Å². The molecular weight excluding hydrogens is 256 g/mol. The van der Waals surface area contributed by atoms with Gasteiger partial charge in [-0.05, 0) is 32.8 Å². The average molecular weight is 282 g/mol. The predicted molar refractivity (Wildman–Crippen MR) is 78.7 cm³/mol. The lowest BCUT2D eigenvalue weighted by Gasteiger charge is -2.35. The third-order valence-electron chi connectivity index (χ3n) is 4.27. The maximum absolute atomic E-state index is 11.8. The van der Waals surface area contributed by atoms with Crippen LogP contribution < -0.4 is 0 Å². The van der Waals surface area contributed by atoms with E-state index in [0.717, 1.165) is 12.0 Å². The van der Waals surface area contributed by atoms with Crippen LogP contribution in [-0.4, -0.2) is 37.0 Å². The lowest BCUT2D eigenvalue weighted by atomic mass is 9.65. The highest BCUT2D eigenvalue weighted by Crippen LogP contribution is 2.52. The summed E-state index contributed by atoms with van der Waals surface area (Å²) in [5.74, 6) is -1.35. The first-order valence-corrected chi connectivity index (χ1v) is 7.04. The maximum atomic E-state index is 11.8. The van der Waals surface area contributed by atoms with Crippen LogP contribution in [0.5, 0.6) is 0 Å². The number of carboxylic acids is 1. The summed E-state index contributed by atoms with van der Waals surface area (Å²) in [7, 11) is 1.64. The molecule has 1 aliphatic rings. The minimum absolute atomic E-state index is 0.435. The number of hydrogen-bond acceptors (Lipinski definition) is 3. The van der Waals surface area contributed by atoms with E-state index in [1.54, 1.807) is 7.11 Å². The van der Waals surface area contributed by atoms with E-state index in [2.05, 4.69) is 0 Å². The van der Waals surface area contributed by atoms with Crippen molar-refractivity contribution >= 4 is 5.97 Å². The molecule has 4 heteroatoms. The normalized spacial score (nSPS) is 30.1. The van der Waals surface area contributed by atoms with Crippen LogP contribution in [-0.2, 0) is 14.3 Å². The predicted octanol–water partition coefficient (Wildman–Crippen LogP) is 3.04. The first-order chi connectivity index (χ1) is 9.35. The van der Waals surface area contributed by atoms with Crippen molar-refractivity contribution in [2.24, 2.45) is 11.3 Å². The smallest absolute Gasteiger partial charge is 0.310 e. The number of aliphatic carboxylic acids is 1. The molecule has 0 amide bonds. The number of hydrogen-bond donors (Lipinski definition) is 1. The lowest BCUT2D eigenvalue weighted by molar-refractivity contribution is -0.149. The third kappa shape index (κ3) is 2.96. The quantitative estimate of drug-likeness (QED) is 0.761. The van der Waals surface area contributed by atoms with Crippen LogP contribution in [0.1, 0.15) is 34.1 Å². The Bertz CT molecular complexity index is 409. The third-order valence-corrected chi connectivity index (χ3v) is 4.27. The van der Waals surface area contributed by atoms with Crippen molar-refractivity contribution in [2.75, 3.05) is 20.3 Å². The molecule has 2 atom stereocenters. The van der Waals surface area contributed by atoms with E-state index in [9.17, 15) is 9.90 Å². The summed E-state index contributed by atoms with van der Waals surface area (Å²) < 4.78 is 10.8. The van der Waals surface area contributed by atoms with Crippen molar-refractivity contribution < 1.29 is 19.4 Å². The first kappa shape index (κ1) is 16.9. The van der Waals surface area contributed by atoms with E-state index in [1.807, 2.05) is 45.9 Å². The van der Waals surface area contributed by atoms with Gasteiger partial charge in [0.2, 0.25) is 0 Å². The number of ether oxygens (including phenoxy) is 2. The van der Waals surface area contributed by atoms with Gasteiger partial charge in [-0.25, -0.2) is 0 Å². The zero-order chi connectivity index (χ0) is 15.4. The van der Waals surface area contributed by atoms with Crippen molar-refractivity contribution in [3.05, 3.63) is 23.8 Å².